The Bertz CT molecular complexity index is 4180. The number of fused-ring (bicyclic) bond motifs is 2. The maximum Gasteiger partial charge on any atom is 0.253 e. The molecule has 0 radical (unpaired) electrons. The van der Waals surface area contributed by atoms with Crippen LogP contribution in [-0.4, -0.2) is 77.0 Å². The van der Waals surface area contributed by atoms with Crippen LogP contribution in [0.2, 0.25) is 0 Å². The third kappa shape index (κ3) is 14.6. The van der Waals surface area contributed by atoms with Crippen LogP contribution in [0.5, 0.6) is 46.3 Å². The van der Waals surface area contributed by atoms with Gasteiger partial charge in [-0.2, -0.15) is 0 Å². The fourth-order valence-electron chi connectivity index (χ4n) is 8.67. The Morgan fingerprint density at radius 1 is 0.540 bits per heavy atom. The molecular formula is C63H49N15O9. The smallest absolute Gasteiger partial charge is 0.253 e. The number of aromatic nitrogens is 8. The minimum absolute atomic E-state index is 0.114. The fourth-order valence-corrected chi connectivity index (χ4v) is 8.67. The Hall–Kier alpha value is -12.5. The second-order valence-corrected chi connectivity index (χ2v) is 18.9. The summed E-state index contributed by atoms with van der Waals surface area (Å²) in [6.45, 7) is 3.85. The van der Waals surface area contributed by atoms with Crippen molar-refractivity contribution in [1.29, 1.82) is 0 Å². The molecule has 1 atom stereocenters. The molecule has 4 aromatic carbocycles. The van der Waals surface area contributed by atoms with Crippen LogP contribution in [0.25, 0.3) is 0 Å². The zero-order valence-electron chi connectivity index (χ0n) is 45.7. The molecule has 24 heteroatoms. The Labute approximate surface area is 496 Å². The first-order valence-corrected chi connectivity index (χ1v) is 26.8. The van der Waals surface area contributed by atoms with Gasteiger partial charge in [0.1, 0.15) is 101 Å². The van der Waals surface area contributed by atoms with Gasteiger partial charge in [0.15, 0.2) is 24.3 Å². The van der Waals surface area contributed by atoms with Gasteiger partial charge >= 0.3 is 0 Å². The van der Waals surface area contributed by atoms with Gasteiger partial charge in [-0.1, -0.05) is 43.0 Å². The van der Waals surface area contributed by atoms with E-state index >= 15 is 0 Å². The molecule has 0 bridgehead atoms. The zero-order valence-corrected chi connectivity index (χ0v) is 45.7. The van der Waals surface area contributed by atoms with Crippen LogP contribution in [-0.2, 0) is 14.4 Å². The normalized spacial score (nSPS) is 14.2. The quantitative estimate of drug-likeness (QED) is 0.0387. The summed E-state index contributed by atoms with van der Waals surface area (Å²) in [5.74, 6) is 6.56. The van der Waals surface area contributed by atoms with Gasteiger partial charge in [-0.05, 0) is 127 Å². The highest BCUT2D eigenvalue weighted by Gasteiger charge is 2.25. The van der Waals surface area contributed by atoms with E-state index in [1.54, 1.807) is 121 Å². The van der Waals surface area contributed by atoms with Crippen LogP contribution < -0.4 is 65.2 Å². The van der Waals surface area contributed by atoms with Gasteiger partial charge in [-0.25, -0.2) is 39.9 Å². The summed E-state index contributed by atoms with van der Waals surface area (Å²) in [4.78, 5) is 74.6. The maximum atomic E-state index is 13.1. The molecule has 0 spiro atoms. The molecule has 0 saturated heterocycles. The lowest BCUT2D eigenvalue weighted by Gasteiger charge is -2.24. The lowest BCUT2D eigenvalue weighted by atomic mass is 10.1. The van der Waals surface area contributed by atoms with E-state index in [0.717, 1.165) is 11.3 Å². The molecule has 1 unspecified atom stereocenters. The maximum absolute atomic E-state index is 13.1. The number of benzene rings is 4. The number of hydrogen-bond acceptors (Lipinski definition) is 21. The summed E-state index contributed by atoms with van der Waals surface area (Å²) in [6, 6.07) is 42.5. The van der Waals surface area contributed by atoms with E-state index in [0.29, 0.717) is 110 Å². The van der Waals surface area contributed by atoms with Crippen LogP contribution in [0.15, 0.2) is 225 Å². The largest absolute Gasteiger partial charge is 0.485 e. The number of hydrogen-bond donors (Lipinski definition) is 6. The lowest BCUT2D eigenvalue weighted by Crippen LogP contribution is -2.27. The van der Waals surface area contributed by atoms with E-state index in [4.69, 9.17) is 28.4 Å². The molecule has 2 aliphatic heterocycles. The molecule has 0 saturated carbocycles. The summed E-state index contributed by atoms with van der Waals surface area (Å²) in [5, 5.41) is 18.3. The Kier molecular flexibility index (Phi) is 16.3. The van der Waals surface area contributed by atoms with Crippen molar-refractivity contribution in [3.63, 3.8) is 0 Å². The minimum atomic E-state index is -0.587. The summed E-state index contributed by atoms with van der Waals surface area (Å²) < 4.78 is 35.9. The second-order valence-electron chi connectivity index (χ2n) is 18.9. The van der Waals surface area contributed by atoms with Crippen LogP contribution in [0.3, 0.4) is 0 Å². The third-order valence-electron chi connectivity index (χ3n) is 12.7. The van der Waals surface area contributed by atoms with E-state index in [1.807, 2.05) is 48.6 Å². The first-order valence-electron chi connectivity index (χ1n) is 26.8. The van der Waals surface area contributed by atoms with Crippen molar-refractivity contribution < 1.29 is 42.8 Å². The van der Waals surface area contributed by atoms with Gasteiger partial charge in [0.05, 0.1) is 5.69 Å². The number of para-hydroxylation sites is 1. The molecule has 9 aromatic rings. The molecule has 0 fully saturated rings. The molecule has 12 rings (SSSR count). The van der Waals surface area contributed by atoms with Crippen molar-refractivity contribution in [2.75, 3.05) is 50.1 Å². The number of amides is 3. The van der Waals surface area contributed by atoms with Gasteiger partial charge < -0.3 is 60.3 Å². The van der Waals surface area contributed by atoms with Gasteiger partial charge in [0, 0.05) is 47.8 Å². The zero-order chi connectivity index (χ0) is 59.3. The number of carbonyl (C=O) groups excluding carboxylic acids is 3. The molecule has 430 valence electrons. The van der Waals surface area contributed by atoms with Gasteiger partial charge in [0.25, 0.3) is 5.91 Å². The molecule has 7 heterocycles. The van der Waals surface area contributed by atoms with E-state index in [-0.39, 0.29) is 31.0 Å². The van der Waals surface area contributed by atoms with Crippen molar-refractivity contribution in [1.82, 2.24) is 39.9 Å². The standard InChI is InChI=1S/C63H49N15O9/c1-2-63(81)78-38-83-48-25-16-41(29-47(48)78)71-57-32-61(68-36-66-57)86-44-21-19-43(20-22-44)84-42-17-14-39(15-18-42)28-60(80)77-54-13-7-11-52(73-54)75-58-33-62(69-37-67-58)87-45-23-26-49-50(30-45)85-46(34-82-49)24-27-59(79)76-53-12-6-10-51(72-53)74-56-31-55(64-35-65-56)70-40-8-4-3-5-9-40/h2-14,16-33,35-37,46H,1,15,34,38H2,(H,66,68,71)(H2,67,69,73,75,77,80)(H3,64,65,70,72,74,76,79). The summed E-state index contributed by atoms with van der Waals surface area (Å²) in [7, 11) is 0. The van der Waals surface area contributed by atoms with E-state index in [1.165, 1.54) is 42.1 Å². The summed E-state index contributed by atoms with van der Waals surface area (Å²) in [6.07, 6.45) is 15.2. The number of carbonyl (C=O) groups is 3. The van der Waals surface area contributed by atoms with Crippen LogP contribution in [0.1, 0.15) is 6.42 Å². The number of nitrogens with one attached hydrogen (secondary N) is 6. The predicted octanol–water partition coefficient (Wildman–Crippen LogP) is 11.4. The highest BCUT2D eigenvalue weighted by Crippen LogP contribution is 2.39. The number of allylic oxidation sites excluding steroid dienone is 4. The van der Waals surface area contributed by atoms with E-state index in [9.17, 15) is 14.4 Å². The minimum Gasteiger partial charge on any atom is -0.485 e. The first kappa shape index (κ1) is 55.1. The highest BCUT2D eigenvalue weighted by atomic mass is 16.6. The van der Waals surface area contributed by atoms with Gasteiger partial charge in [0.2, 0.25) is 23.6 Å². The molecule has 3 aliphatic rings. The average molecular weight is 1160 g/mol. The van der Waals surface area contributed by atoms with Crippen molar-refractivity contribution >= 4 is 81.3 Å². The van der Waals surface area contributed by atoms with Gasteiger partial charge in [-0.3, -0.25) is 19.3 Å². The molecular weight excluding hydrogens is 1110 g/mol. The number of rotatable bonds is 20. The Balaban J connectivity index is 0.583. The first-order chi connectivity index (χ1) is 42.6. The van der Waals surface area contributed by atoms with Crippen molar-refractivity contribution in [2.45, 2.75) is 12.5 Å². The van der Waals surface area contributed by atoms with Crippen LogP contribution >= 0.6 is 0 Å². The lowest BCUT2D eigenvalue weighted by molar-refractivity contribution is -0.114. The number of nitrogens with zero attached hydrogens (tertiary/aromatic N) is 9. The molecule has 87 heavy (non-hydrogen) atoms. The Morgan fingerprint density at radius 2 is 1.15 bits per heavy atom. The highest BCUT2D eigenvalue weighted by molar-refractivity contribution is 6.03. The molecule has 1 aliphatic carbocycles. The number of pyridine rings is 2. The topological polar surface area (TPSA) is 285 Å². The molecule has 5 aromatic heterocycles. The van der Waals surface area contributed by atoms with Crippen molar-refractivity contribution in [3.8, 4) is 46.3 Å². The van der Waals surface area contributed by atoms with Crippen LogP contribution in [0.4, 0.5) is 63.6 Å². The summed E-state index contributed by atoms with van der Waals surface area (Å²) >= 11 is 0. The number of anilines is 11. The van der Waals surface area contributed by atoms with Crippen molar-refractivity contribution in [2.24, 2.45) is 0 Å². The monoisotopic (exact) mass is 1160 g/mol. The fraction of sp³-hybridized carbons (Fsp3) is 0.0635. The Morgan fingerprint density at radius 3 is 1.85 bits per heavy atom. The SMILES string of the molecule is C=CC(=O)N1COc2ccc(Nc3cc(Oc4ccc(OC5=CCC(=CC(=O)Nc6cccc(Nc7cc(Oc8ccc9c(c8)OC(C=CC(=O)Nc8cccc(Nc%10cc(Nc%11ccccc%11)ncn%10)n8)CO9)ncn7)n6)C=C5)cc4)ncn3)cc21. The van der Waals surface area contributed by atoms with Crippen molar-refractivity contribution in [3.05, 3.63) is 225 Å². The van der Waals surface area contributed by atoms with E-state index < -0.39 is 12.0 Å². The van der Waals surface area contributed by atoms with Crippen LogP contribution in [0, 0.1) is 0 Å². The predicted molar refractivity (Wildman–Crippen MR) is 324 cm³/mol. The van der Waals surface area contributed by atoms with Gasteiger partial charge in [-0.15, -0.1) is 0 Å². The molecule has 6 N–H and O–H groups in total. The summed E-state index contributed by atoms with van der Waals surface area (Å²) in [5.41, 5.74) is 2.95. The van der Waals surface area contributed by atoms with E-state index in [2.05, 4.69) is 78.4 Å². The average Bonchev–Trinajstić information content (AvgIpc) is 3.45. The number of ether oxygens (including phenoxy) is 6. The molecule has 3 amide bonds. The second kappa shape index (κ2) is 25.8. The molecule has 24 nitrogen and oxygen atoms in total. The third-order valence-corrected chi connectivity index (χ3v) is 12.7.